The number of carbonyl (C=O) groups excluding carboxylic acids is 1. The molecule has 0 bridgehead atoms. The molecular weight excluding hydrogens is 421 g/mol. The fourth-order valence-corrected chi connectivity index (χ4v) is 4.22. The van der Waals surface area contributed by atoms with Crippen LogP contribution in [0.3, 0.4) is 0 Å². The van der Waals surface area contributed by atoms with Crippen LogP contribution in [0.5, 0.6) is 5.75 Å². The van der Waals surface area contributed by atoms with Crippen LogP contribution in [0.1, 0.15) is 47.2 Å². The van der Waals surface area contributed by atoms with E-state index in [1.807, 2.05) is 42.5 Å². The summed E-state index contributed by atoms with van der Waals surface area (Å²) in [4.78, 5) is 17.6. The van der Waals surface area contributed by atoms with E-state index in [1.165, 1.54) is 25.7 Å². The minimum absolute atomic E-state index is 0. The zero-order valence-electron chi connectivity index (χ0n) is 17.2. The van der Waals surface area contributed by atoms with Gasteiger partial charge in [-0.05, 0) is 76.1 Å². The average Bonchev–Trinajstić information content (AvgIpc) is 3.40. The molecule has 2 heterocycles. The van der Waals surface area contributed by atoms with Crippen LogP contribution in [0.15, 0.2) is 42.5 Å². The maximum Gasteiger partial charge on any atom is 0.255 e. The number of halogens is 2. The number of phenolic OH excluding ortho intramolecular Hbond substituents is 1. The van der Waals surface area contributed by atoms with Crippen LogP contribution in [-0.4, -0.2) is 47.0 Å². The maximum atomic E-state index is 12.9. The topological polar surface area (TPSA) is 55.8 Å². The molecule has 0 aliphatic carbocycles. The third-order valence-corrected chi connectivity index (χ3v) is 5.75. The first-order valence-corrected chi connectivity index (χ1v) is 10.3. The van der Waals surface area contributed by atoms with E-state index in [0.717, 1.165) is 43.0 Å². The Bertz CT molecular complexity index is 781. The molecule has 0 saturated carbocycles. The van der Waals surface area contributed by atoms with Crippen molar-refractivity contribution in [3.05, 3.63) is 59.2 Å². The Morgan fingerprint density at radius 1 is 0.833 bits per heavy atom. The predicted molar refractivity (Wildman–Crippen MR) is 126 cm³/mol. The molecule has 5 nitrogen and oxygen atoms in total. The molecule has 164 valence electrons. The van der Waals surface area contributed by atoms with E-state index in [1.54, 1.807) is 0 Å². The Kier molecular flexibility index (Phi) is 9.43. The van der Waals surface area contributed by atoms with Crippen LogP contribution >= 0.6 is 24.8 Å². The summed E-state index contributed by atoms with van der Waals surface area (Å²) < 4.78 is 0. The summed E-state index contributed by atoms with van der Waals surface area (Å²) in [7, 11) is 0. The third kappa shape index (κ3) is 6.11. The van der Waals surface area contributed by atoms with Crippen molar-refractivity contribution in [3.63, 3.8) is 0 Å². The molecule has 1 amide bonds. The summed E-state index contributed by atoms with van der Waals surface area (Å²) in [6.07, 6.45) is 4.82. The van der Waals surface area contributed by atoms with Crippen molar-refractivity contribution in [1.82, 2.24) is 9.80 Å². The van der Waals surface area contributed by atoms with Crippen molar-refractivity contribution in [2.45, 2.75) is 38.8 Å². The SMILES string of the molecule is Cl.Cl.O=C(Nc1ccccc1)c1cc(CN2CCCC2)c(O)c(CN2CCCC2)c1. The molecule has 2 saturated heterocycles. The summed E-state index contributed by atoms with van der Waals surface area (Å²) in [5, 5.41) is 13.9. The Labute approximate surface area is 191 Å². The molecule has 0 unspecified atom stereocenters. The van der Waals surface area contributed by atoms with E-state index in [2.05, 4.69) is 15.1 Å². The predicted octanol–water partition coefficient (Wildman–Crippen LogP) is 4.68. The van der Waals surface area contributed by atoms with Gasteiger partial charge in [0.2, 0.25) is 0 Å². The van der Waals surface area contributed by atoms with Crippen molar-refractivity contribution in [3.8, 4) is 5.75 Å². The van der Waals surface area contributed by atoms with E-state index in [-0.39, 0.29) is 30.7 Å². The quantitative estimate of drug-likeness (QED) is 0.669. The molecule has 0 aromatic heterocycles. The van der Waals surface area contributed by atoms with Crippen molar-refractivity contribution in [2.24, 2.45) is 0 Å². The zero-order valence-corrected chi connectivity index (χ0v) is 18.8. The van der Waals surface area contributed by atoms with Gasteiger partial charge in [0, 0.05) is 35.5 Å². The molecule has 2 aromatic rings. The standard InChI is InChI=1S/C23H29N3O2.2ClH/c27-22-19(16-25-10-4-5-11-25)14-18(15-20(22)17-26-12-6-7-13-26)23(28)24-21-8-2-1-3-9-21;;/h1-3,8-9,14-15,27H,4-7,10-13,16-17H2,(H,24,28);2*1H. The first-order valence-electron chi connectivity index (χ1n) is 10.3. The first-order chi connectivity index (χ1) is 13.7. The molecule has 2 aliphatic heterocycles. The fraction of sp³-hybridized carbons (Fsp3) is 0.435. The van der Waals surface area contributed by atoms with Crippen molar-refractivity contribution in [2.75, 3.05) is 31.5 Å². The highest BCUT2D eigenvalue weighted by molar-refractivity contribution is 6.04. The number of anilines is 1. The molecule has 0 spiro atoms. The Morgan fingerprint density at radius 3 is 1.77 bits per heavy atom. The lowest BCUT2D eigenvalue weighted by Gasteiger charge is -2.21. The van der Waals surface area contributed by atoms with Gasteiger partial charge >= 0.3 is 0 Å². The average molecular weight is 452 g/mol. The zero-order chi connectivity index (χ0) is 19.3. The van der Waals surface area contributed by atoms with E-state index >= 15 is 0 Å². The molecule has 2 aromatic carbocycles. The van der Waals surface area contributed by atoms with Gasteiger partial charge in [0.15, 0.2) is 0 Å². The van der Waals surface area contributed by atoms with Crippen LogP contribution in [0, 0.1) is 0 Å². The highest BCUT2D eigenvalue weighted by Gasteiger charge is 2.21. The minimum Gasteiger partial charge on any atom is -0.507 e. The van der Waals surface area contributed by atoms with E-state index in [0.29, 0.717) is 24.4 Å². The lowest BCUT2D eigenvalue weighted by Crippen LogP contribution is -2.22. The molecule has 2 fully saturated rings. The lowest BCUT2D eigenvalue weighted by atomic mass is 10.0. The summed E-state index contributed by atoms with van der Waals surface area (Å²) >= 11 is 0. The van der Waals surface area contributed by atoms with Gasteiger partial charge in [-0.25, -0.2) is 0 Å². The van der Waals surface area contributed by atoms with Gasteiger partial charge in [-0.2, -0.15) is 0 Å². The van der Waals surface area contributed by atoms with Crippen LogP contribution in [0.2, 0.25) is 0 Å². The summed E-state index contributed by atoms with van der Waals surface area (Å²) in [5.74, 6) is 0.228. The number of carbonyl (C=O) groups is 1. The molecule has 0 atom stereocenters. The third-order valence-electron chi connectivity index (χ3n) is 5.75. The Hall–Kier alpha value is -1.79. The largest absolute Gasteiger partial charge is 0.507 e. The lowest BCUT2D eigenvalue weighted by molar-refractivity contribution is 0.102. The molecular formula is C23H31Cl2N3O2. The summed E-state index contributed by atoms with van der Waals surface area (Å²) in [5.41, 5.74) is 3.11. The van der Waals surface area contributed by atoms with Crippen LogP contribution in [0.4, 0.5) is 5.69 Å². The van der Waals surface area contributed by atoms with Gasteiger partial charge in [-0.3, -0.25) is 14.6 Å². The number of rotatable bonds is 6. The number of likely N-dealkylation sites (tertiary alicyclic amines) is 2. The second kappa shape index (κ2) is 11.6. The molecule has 4 rings (SSSR count). The van der Waals surface area contributed by atoms with Gasteiger partial charge in [0.05, 0.1) is 0 Å². The Balaban J connectivity index is 0.00000160. The number of hydrogen-bond donors (Lipinski definition) is 2. The fourth-order valence-electron chi connectivity index (χ4n) is 4.22. The number of nitrogens with one attached hydrogen (secondary N) is 1. The van der Waals surface area contributed by atoms with Crippen molar-refractivity contribution in [1.29, 1.82) is 0 Å². The van der Waals surface area contributed by atoms with Gasteiger partial charge in [-0.15, -0.1) is 24.8 Å². The summed E-state index contributed by atoms with van der Waals surface area (Å²) in [6, 6.07) is 13.2. The summed E-state index contributed by atoms with van der Waals surface area (Å²) in [6.45, 7) is 5.63. The normalized spacial score (nSPS) is 16.7. The monoisotopic (exact) mass is 451 g/mol. The van der Waals surface area contributed by atoms with Crippen molar-refractivity contribution >= 4 is 36.4 Å². The van der Waals surface area contributed by atoms with Crippen molar-refractivity contribution < 1.29 is 9.90 Å². The number of hydrogen-bond acceptors (Lipinski definition) is 4. The molecule has 30 heavy (non-hydrogen) atoms. The number of aromatic hydroxyl groups is 1. The maximum absolute atomic E-state index is 12.9. The van der Waals surface area contributed by atoms with Crippen LogP contribution in [0.25, 0.3) is 0 Å². The van der Waals surface area contributed by atoms with Gasteiger partial charge in [0.1, 0.15) is 5.75 Å². The van der Waals surface area contributed by atoms with Crippen LogP contribution in [-0.2, 0) is 13.1 Å². The molecule has 2 aliphatic rings. The second-order valence-corrected chi connectivity index (χ2v) is 7.93. The second-order valence-electron chi connectivity index (χ2n) is 7.93. The first kappa shape index (κ1) is 24.5. The van der Waals surface area contributed by atoms with Gasteiger partial charge in [0.25, 0.3) is 5.91 Å². The number of nitrogens with zero attached hydrogens (tertiary/aromatic N) is 2. The van der Waals surface area contributed by atoms with Crippen LogP contribution < -0.4 is 5.32 Å². The minimum atomic E-state index is -0.128. The van der Waals surface area contributed by atoms with Gasteiger partial charge < -0.3 is 10.4 Å². The number of para-hydroxylation sites is 1. The smallest absolute Gasteiger partial charge is 0.255 e. The van der Waals surface area contributed by atoms with E-state index in [4.69, 9.17) is 0 Å². The molecule has 7 heteroatoms. The Morgan fingerprint density at radius 2 is 1.30 bits per heavy atom. The highest BCUT2D eigenvalue weighted by atomic mass is 35.5. The highest BCUT2D eigenvalue weighted by Crippen LogP contribution is 2.29. The number of benzene rings is 2. The molecule has 2 N–H and O–H groups in total. The molecule has 0 radical (unpaired) electrons. The number of phenols is 1. The van der Waals surface area contributed by atoms with E-state index < -0.39 is 0 Å². The number of amides is 1. The van der Waals surface area contributed by atoms with Gasteiger partial charge in [-0.1, -0.05) is 18.2 Å². The van der Waals surface area contributed by atoms with E-state index in [9.17, 15) is 9.90 Å².